The van der Waals surface area contributed by atoms with Crippen molar-refractivity contribution in [2.75, 3.05) is 0 Å². The Morgan fingerprint density at radius 2 is 1.75 bits per heavy atom. The third kappa shape index (κ3) is 4.59. The molecule has 4 heteroatoms. The Morgan fingerprint density at radius 3 is 2.00 bits per heavy atom. The van der Waals surface area contributed by atoms with Gasteiger partial charge >= 0.3 is 6.18 Å². The number of hydrogen-bond donors (Lipinski definition) is 1. The van der Waals surface area contributed by atoms with E-state index in [4.69, 9.17) is 5.11 Å². The van der Waals surface area contributed by atoms with E-state index in [9.17, 15) is 13.2 Å². The van der Waals surface area contributed by atoms with E-state index < -0.39 is 18.2 Å². The number of alkyl halides is 3. The van der Waals surface area contributed by atoms with Crippen molar-refractivity contribution in [3.05, 3.63) is 0 Å². The highest BCUT2D eigenvalue weighted by Crippen LogP contribution is 2.32. The molecule has 0 saturated heterocycles. The van der Waals surface area contributed by atoms with Crippen LogP contribution in [0.15, 0.2) is 0 Å². The molecule has 0 aliphatic rings. The quantitative estimate of drug-likeness (QED) is 0.712. The van der Waals surface area contributed by atoms with Crippen LogP contribution in [0.2, 0.25) is 0 Å². The maximum atomic E-state index is 12.1. The van der Waals surface area contributed by atoms with Crippen molar-refractivity contribution in [3.63, 3.8) is 0 Å². The standard InChI is InChI=1S/C8H15F3O/c1-3-7(8(9,10)11)5-4-6(2)12/h6-7,12H,3-5H2,1-2H3. The van der Waals surface area contributed by atoms with Crippen molar-refractivity contribution in [2.24, 2.45) is 5.92 Å². The minimum atomic E-state index is -4.11. The minimum Gasteiger partial charge on any atom is -0.393 e. The Bertz CT molecular complexity index is 120. The highest BCUT2D eigenvalue weighted by molar-refractivity contribution is 4.67. The third-order valence-corrected chi connectivity index (χ3v) is 1.89. The van der Waals surface area contributed by atoms with Crippen molar-refractivity contribution in [2.45, 2.75) is 45.4 Å². The SMILES string of the molecule is CCC(CCC(C)O)C(F)(F)F. The van der Waals surface area contributed by atoms with Gasteiger partial charge in [-0.2, -0.15) is 13.2 Å². The average Bonchev–Trinajstić information content (AvgIpc) is 1.85. The lowest BCUT2D eigenvalue weighted by molar-refractivity contribution is -0.178. The van der Waals surface area contributed by atoms with Gasteiger partial charge in [0, 0.05) is 0 Å². The first-order valence-electron chi connectivity index (χ1n) is 4.12. The fraction of sp³-hybridized carbons (Fsp3) is 1.00. The molecule has 0 aliphatic carbocycles. The largest absolute Gasteiger partial charge is 0.393 e. The molecule has 74 valence electrons. The zero-order chi connectivity index (χ0) is 9.78. The van der Waals surface area contributed by atoms with Crippen molar-refractivity contribution in [3.8, 4) is 0 Å². The first-order valence-corrected chi connectivity index (χ1v) is 4.12. The summed E-state index contributed by atoms with van der Waals surface area (Å²) in [4.78, 5) is 0. The molecule has 0 radical (unpaired) electrons. The van der Waals surface area contributed by atoms with Gasteiger partial charge in [-0.1, -0.05) is 6.92 Å². The Hall–Kier alpha value is -0.250. The third-order valence-electron chi connectivity index (χ3n) is 1.89. The maximum Gasteiger partial charge on any atom is 0.391 e. The molecule has 2 atom stereocenters. The highest BCUT2D eigenvalue weighted by atomic mass is 19.4. The van der Waals surface area contributed by atoms with Crippen molar-refractivity contribution < 1.29 is 18.3 Å². The molecule has 0 heterocycles. The summed E-state index contributed by atoms with van der Waals surface area (Å²) in [6.45, 7) is 3.02. The normalized spacial score (nSPS) is 17.5. The van der Waals surface area contributed by atoms with E-state index in [2.05, 4.69) is 0 Å². The average molecular weight is 184 g/mol. The molecule has 0 rings (SSSR count). The lowest BCUT2D eigenvalue weighted by atomic mass is 9.98. The smallest absolute Gasteiger partial charge is 0.391 e. The molecule has 0 aromatic heterocycles. The van der Waals surface area contributed by atoms with E-state index in [0.717, 1.165) is 0 Å². The van der Waals surface area contributed by atoms with Crippen LogP contribution in [-0.2, 0) is 0 Å². The number of aliphatic hydroxyl groups excluding tert-OH is 1. The molecule has 12 heavy (non-hydrogen) atoms. The second-order valence-electron chi connectivity index (χ2n) is 3.07. The van der Waals surface area contributed by atoms with Crippen LogP contribution in [0.4, 0.5) is 13.2 Å². The Morgan fingerprint density at radius 1 is 1.25 bits per heavy atom. The van der Waals surface area contributed by atoms with E-state index >= 15 is 0 Å². The van der Waals surface area contributed by atoms with Crippen LogP contribution in [0.1, 0.15) is 33.1 Å². The number of aliphatic hydroxyl groups is 1. The number of rotatable bonds is 4. The first-order chi connectivity index (χ1) is 5.38. The van der Waals surface area contributed by atoms with Crippen molar-refractivity contribution >= 4 is 0 Å². The topological polar surface area (TPSA) is 20.2 Å². The summed E-state index contributed by atoms with van der Waals surface area (Å²) in [6.07, 6.45) is -4.41. The van der Waals surface area contributed by atoms with E-state index in [1.165, 1.54) is 13.8 Å². The zero-order valence-electron chi connectivity index (χ0n) is 7.36. The fourth-order valence-electron chi connectivity index (χ4n) is 1.04. The minimum absolute atomic E-state index is 0.0255. The Balaban J connectivity index is 3.84. The maximum absolute atomic E-state index is 12.1. The van der Waals surface area contributed by atoms with Crippen LogP contribution in [0.3, 0.4) is 0 Å². The summed E-state index contributed by atoms with van der Waals surface area (Å²) in [5.74, 6) is -1.26. The van der Waals surface area contributed by atoms with Crippen LogP contribution in [0.5, 0.6) is 0 Å². The monoisotopic (exact) mass is 184 g/mol. The van der Waals surface area contributed by atoms with Crippen LogP contribution in [-0.4, -0.2) is 17.4 Å². The van der Waals surface area contributed by atoms with E-state index in [1.807, 2.05) is 0 Å². The molecule has 0 bridgehead atoms. The molecule has 0 spiro atoms. The predicted molar refractivity (Wildman–Crippen MR) is 40.8 cm³/mol. The summed E-state index contributed by atoms with van der Waals surface area (Å²) >= 11 is 0. The Kier molecular flexibility index (Phi) is 4.60. The van der Waals surface area contributed by atoms with Crippen molar-refractivity contribution in [1.29, 1.82) is 0 Å². The molecule has 0 aromatic carbocycles. The molecule has 2 unspecified atom stereocenters. The van der Waals surface area contributed by atoms with Gasteiger partial charge in [0.2, 0.25) is 0 Å². The number of halogens is 3. The van der Waals surface area contributed by atoms with E-state index in [1.54, 1.807) is 0 Å². The molecular weight excluding hydrogens is 169 g/mol. The van der Waals surface area contributed by atoms with Gasteiger partial charge in [0.05, 0.1) is 12.0 Å². The lowest BCUT2D eigenvalue weighted by Crippen LogP contribution is -2.23. The highest BCUT2D eigenvalue weighted by Gasteiger charge is 2.37. The van der Waals surface area contributed by atoms with Crippen LogP contribution in [0, 0.1) is 5.92 Å². The van der Waals surface area contributed by atoms with Crippen LogP contribution < -0.4 is 0 Å². The lowest BCUT2D eigenvalue weighted by Gasteiger charge is -2.18. The molecule has 0 saturated carbocycles. The van der Waals surface area contributed by atoms with Gasteiger partial charge in [0.1, 0.15) is 0 Å². The first kappa shape index (κ1) is 11.8. The number of hydrogen-bond acceptors (Lipinski definition) is 1. The van der Waals surface area contributed by atoms with Gasteiger partial charge in [-0.3, -0.25) is 0 Å². The summed E-state index contributed by atoms with van der Waals surface area (Å²) in [5, 5.41) is 8.80. The molecule has 0 aliphatic heterocycles. The van der Waals surface area contributed by atoms with Gasteiger partial charge in [-0.15, -0.1) is 0 Å². The van der Waals surface area contributed by atoms with Gasteiger partial charge in [-0.25, -0.2) is 0 Å². The predicted octanol–water partition coefficient (Wildman–Crippen LogP) is 2.74. The van der Waals surface area contributed by atoms with E-state index in [0.29, 0.717) is 0 Å². The van der Waals surface area contributed by atoms with Gasteiger partial charge < -0.3 is 5.11 Å². The van der Waals surface area contributed by atoms with E-state index in [-0.39, 0.29) is 19.3 Å². The molecule has 1 N–H and O–H groups in total. The summed E-state index contributed by atoms with van der Waals surface area (Å²) in [7, 11) is 0. The molecule has 0 aromatic rings. The fourth-order valence-corrected chi connectivity index (χ4v) is 1.04. The summed E-state index contributed by atoms with van der Waals surface area (Å²) in [5.41, 5.74) is 0. The molecular formula is C8H15F3O. The second-order valence-corrected chi connectivity index (χ2v) is 3.07. The second kappa shape index (κ2) is 4.70. The Labute approximate surface area is 70.6 Å². The van der Waals surface area contributed by atoms with Gasteiger partial charge in [-0.05, 0) is 26.2 Å². The zero-order valence-corrected chi connectivity index (χ0v) is 7.36. The summed E-state index contributed by atoms with van der Waals surface area (Å²) < 4.78 is 36.3. The molecule has 0 fully saturated rings. The van der Waals surface area contributed by atoms with Crippen LogP contribution >= 0.6 is 0 Å². The van der Waals surface area contributed by atoms with Crippen LogP contribution in [0.25, 0.3) is 0 Å². The van der Waals surface area contributed by atoms with Crippen molar-refractivity contribution in [1.82, 2.24) is 0 Å². The van der Waals surface area contributed by atoms with Gasteiger partial charge in [0.15, 0.2) is 0 Å². The molecule has 1 nitrogen and oxygen atoms in total. The summed E-state index contributed by atoms with van der Waals surface area (Å²) in [6, 6.07) is 0. The van der Waals surface area contributed by atoms with Gasteiger partial charge in [0.25, 0.3) is 0 Å². The molecule has 0 amide bonds.